The SMILES string of the molecule is Cc1ccc(-c2csc(NC(=O)CSc3cccc(NC(=O)c4cccc5cccc(C(=O)O)c45)c3)c2C#N)cc1. The number of carboxylic acid groups (broad SMARTS) is 1. The number of hydrogen-bond acceptors (Lipinski definition) is 6. The zero-order chi connectivity index (χ0) is 28.9. The fraction of sp³-hybridized carbons (Fsp3) is 0.0625. The Morgan fingerprint density at radius 1 is 0.927 bits per heavy atom. The Morgan fingerprint density at radius 3 is 2.34 bits per heavy atom. The minimum absolute atomic E-state index is 0.0554. The number of aryl methyl sites for hydroxylation is 1. The Hall–Kier alpha value is -4.91. The minimum atomic E-state index is -1.11. The van der Waals surface area contributed by atoms with Crippen LogP contribution in [0.25, 0.3) is 21.9 Å². The predicted octanol–water partition coefficient (Wildman–Crippen LogP) is 7.43. The van der Waals surface area contributed by atoms with Crippen molar-refractivity contribution in [2.24, 2.45) is 0 Å². The third kappa shape index (κ3) is 6.14. The first-order valence-corrected chi connectivity index (χ1v) is 14.4. The van der Waals surface area contributed by atoms with Gasteiger partial charge < -0.3 is 15.7 Å². The summed E-state index contributed by atoms with van der Waals surface area (Å²) in [5.74, 6) is -1.69. The number of rotatable bonds is 8. The molecule has 1 aromatic heterocycles. The number of thioether (sulfide) groups is 1. The lowest BCUT2D eigenvalue weighted by atomic mass is 9.98. The monoisotopic (exact) mass is 577 g/mol. The molecule has 3 N–H and O–H groups in total. The molecular weight excluding hydrogens is 555 g/mol. The Bertz CT molecular complexity index is 1830. The second-order valence-corrected chi connectivity index (χ2v) is 11.1. The number of nitriles is 1. The summed E-state index contributed by atoms with van der Waals surface area (Å²) in [6.07, 6.45) is 0. The van der Waals surface area contributed by atoms with Crippen molar-refractivity contribution < 1.29 is 19.5 Å². The first-order valence-electron chi connectivity index (χ1n) is 12.5. The molecule has 0 radical (unpaired) electrons. The van der Waals surface area contributed by atoms with E-state index < -0.39 is 11.9 Å². The number of amides is 2. The van der Waals surface area contributed by atoms with Gasteiger partial charge in [-0.2, -0.15) is 5.26 Å². The number of carbonyl (C=O) groups excluding carboxylic acids is 2. The molecule has 0 atom stereocenters. The lowest BCUT2D eigenvalue weighted by Crippen LogP contribution is -2.14. The fourth-order valence-corrected chi connectivity index (χ4v) is 6.08. The molecule has 0 unspecified atom stereocenters. The number of carbonyl (C=O) groups is 3. The Balaban J connectivity index is 1.26. The van der Waals surface area contributed by atoms with Gasteiger partial charge in [0.1, 0.15) is 11.1 Å². The topological polar surface area (TPSA) is 119 Å². The lowest BCUT2D eigenvalue weighted by Gasteiger charge is -2.11. The molecule has 0 saturated heterocycles. The predicted molar refractivity (Wildman–Crippen MR) is 164 cm³/mol. The summed E-state index contributed by atoms with van der Waals surface area (Å²) < 4.78 is 0. The third-order valence-electron chi connectivity index (χ3n) is 6.36. The van der Waals surface area contributed by atoms with Gasteiger partial charge in [0.25, 0.3) is 5.91 Å². The normalized spacial score (nSPS) is 10.6. The molecule has 41 heavy (non-hydrogen) atoms. The van der Waals surface area contributed by atoms with Crippen LogP contribution in [0, 0.1) is 18.3 Å². The van der Waals surface area contributed by atoms with Crippen LogP contribution in [0.1, 0.15) is 31.8 Å². The van der Waals surface area contributed by atoms with Gasteiger partial charge >= 0.3 is 5.97 Å². The van der Waals surface area contributed by atoms with E-state index in [1.807, 2.05) is 42.6 Å². The maximum absolute atomic E-state index is 13.2. The highest BCUT2D eigenvalue weighted by atomic mass is 32.2. The molecule has 0 aliphatic carbocycles. The average molecular weight is 578 g/mol. The largest absolute Gasteiger partial charge is 0.478 e. The average Bonchev–Trinajstić information content (AvgIpc) is 3.38. The Kier molecular flexibility index (Phi) is 8.15. The van der Waals surface area contributed by atoms with Crippen LogP contribution >= 0.6 is 23.1 Å². The number of nitrogens with one attached hydrogen (secondary N) is 2. The van der Waals surface area contributed by atoms with E-state index in [2.05, 4.69) is 16.7 Å². The first-order chi connectivity index (χ1) is 19.8. The van der Waals surface area contributed by atoms with E-state index in [1.54, 1.807) is 48.5 Å². The molecule has 0 aliphatic rings. The molecule has 5 rings (SSSR count). The van der Waals surface area contributed by atoms with Crippen LogP contribution in [0.4, 0.5) is 10.7 Å². The zero-order valence-corrected chi connectivity index (χ0v) is 23.4. The van der Waals surface area contributed by atoms with Crippen molar-refractivity contribution in [3.63, 3.8) is 0 Å². The van der Waals surface area contributed by atoms with E-state index in [9.17, 15) is 24.8 Å². The van der Waals surface area contributed by atoms with Gasteiger partial charge in [0.2, 0.25) is 5.91 Å². The summed E-state index contributed by atoms with van der Waals surface area (Å²) in [5, 5.41) is 28.5. The van der Waals surface area contributed by atoms with Crippen LogP contribution in [0.15, 0.2) is 95.2 Å². The van der Waals surface area contributed by atoms with Crippen molar-refractivity contribution in [1.29, 1.82) is 5.26 Å². The number of carboxylic acids is 1. The summed E-state index contributed by atoms with van der Waals surface area (Å²) >= 11 is 2.61. The highest BCUT2D eigenvalue weighted by Crippen LogP contribution is 2.35. The van der Waals surface area contributed by atoms with E-state index >= 15 is 0 Å². The number of benzene rings is 4. The summed E-state index contributed by atoms with van der Waals surface area (Å²) in [6.45, 7) is 2.00. The smallest absolute Gasteiger partial charge is 0.336 e. The standard InChI is InChI=1S/C32H23N3O4S2/c1-19-11-13-20(14-12-19)27-17-41-31(26(27)16-33)35-28(36)18-40-23-8-4-7-22(15-23)34-30(37)24-9-2-5-21-6-3-10-25(29(21)24)32(38)39/h2-15,17H,18H2,1H3,(H,34,37)(H,35,36)(H,38,39). The number of anilines is 2. The summed E-state index contributed by atoms with van der Waals surface area (Å²) in [7, 11) is 0. The number of thiophene rings is 1. The highest BCUT2D eigenvalue weighted by molar-refractivity contribution is 8.00. The van der Waals surface area contributed by atoms with Crippen LogP contribution in [0.5, 0.6) is 0 Å². The highest BCUT2D eigenvalue weighted by Gasteiger charge is 2.18. The molecule has 2 amide bonds. The molecule has 0 spiro atoms. The van der Waals surface area contributed by atoms with Gasteiger partial charge in [-0.25, -0.2) is 4.79 Å². The van der Waals surface area contributed by atoms with Gasteiger partial charge in [0, 0.05) is 32.5 Å². The van der Waals surface area contributed by atoms with E-state index in [4.69, 9.17) is 0 Å². The summed E-state index contributed by atoms with van der Waals surface area (Å²) in [6, 6.07) is 27.1. The number of aromatic carboxylic acids is 1. The van der Waals surface area contributed by atoms with Crippen molar-refractivity contribution in [2.75, 3.05) is 16.4 Å². The molecule has 4 aromatic carbocycles. The molecule has 9 heteroatoms. The van der Waals surface area contributed by atoms with Crippen molar-refractivity contribution in [2.45, 2.75) is 11.8 Å². The Morgan fingerprint density at radius 2 is 1.63 bits per heavy atom. The van der Waals surface area contributed by atoms with E-state index in [-0.39, 0.29) is 22.8 Å². The van der Waals surface area contributed by atoms with Crippen LogP contribution in [0.3, 0.4) is 0 Å². The lowest BCUT2D eigenvalue weighted by molar-refractivity contribution is -0.113. The van der Waals surface area contributed by atoms with Crippen molar-refractivity contribution in [3.05, 3.63) is 113 Å². The third-order valence-corrected chi connectivity index (χ3v) is 8.25. The van der Waals surface area contributed by atoms with Gasteiger partial charge in [-0.15, -0.1) is 23.1 Å². The second kappa shape index (κ2) is 12.1. The first kappa shape index (κ1) is 27.6. The molecule has 0 bridgehead atoms. The number of fused-ring (bicyclic) bond motifs is 1. The fourth-order valence-electron chi connectivity index (χ4n) is 4.39. The van der Waals surface area contributed by atoms with E-state index in [1.165, 1.54) is 29.2 Å². The summed E-state index contributed by atoms with van der Waals surface area (Å²) in [5.41, 5.74) is 4.08. The molecule has 7 nitrogen and oxygen atoms in total. The van der Waals surface area contributed by atoms with Crippen LogP contribution in [-0.2, 0) is 4.79 Å². The van der Waals surface area contributed by atoms with Gasteiger partial charge in [0.15, 0.2) is 0 Å². The molecule has 202 valence electrons. The molecule has 0 aliphatic heterocycles. The van der Waals surface area contributed by atoms with E-state index in [0.717, 1.165) is 21.6 Å². The zero-order valence-electron chi connectivity index (χ0n) is 21.8. The van der Waals surface area contributed by atoms with Gasteiger partial charge in [0.05, 0.1) is 16.9 Å². The molecule has 1 heterocycles. The minimum Gasteiger partial charge on any atom is -0.478 e. The number of hydrogen-bond donors (Lipinski definition) is 3. The van der Waals surface area contributed by atoms with Crippen LogP contribution < -0.4 is 10.6 Å². The van der Waals surface area contributed by atoms with Crippen LogP contribution in [0.2, 0.25) is 0 Å². The quantitative estimate of drug-likeness (QED) is 0.165. The Labute approximate surface area is 244 Å². The second-order valence-electron chi connectivity index (χ2n) is 9.16. The molecule has 0 fully saturated rings. The van der Waals surface area contributed by atoms with Crippen molar-refractivity contribution in [1.82, 2.24) is 0 Å². The van der Waals surface area contributed by atoms with Gasteiger partial charge in [-0.3, -0.25) is 9.59 Å². The van der Waals surface area contributed by atoms with Crippen molar-refractivity contribution >= 4 is 62.3 Å². The van der Waals surface area contributed by atoms with E-state index in [0.29, 0.717) is 27.0 Å². The van der Waals surface area contributed by atoms with Crippen molar-refractivity contribution in [3.8, 4) is 17.2 Å². The summed E-state index contributed by atoms with van der Waals surface area (Å²) in [4.78, 5) is 38.4. The van der Waals surface area contributed by atoms with Crippen LogP contribution in [-0.4, -0.2) is 28.6 Å². The molecule has 5 aromatic rings. The maximum atomic E-state index is 13.2. The molecular formula is C32H23N3O4S2. The van der Waals surface area contributed by atoms with Gasteiger partial charge in [-0.05, 0) is 48.2 Å². The molecule has 0 saturated carbocycles. The van der Waals surface area contributed by atoms with Gasteiger partial charge in [-0.1, -0.05) is 60.2 Å². The maximum Gasteiger partial charge on any atom is 0.336 e. The number of nitrogens with zero attached hydrogens (tertiary/aromatic N) is 1.